The Labute approximate surface area is 230 Å². The van der Waals surface area contributed by atoms with Crippen molar-refractivity contribution in [2.75, 3.05) is 10.6 Å². The summed E-state index contributed by atoms with van der Waals surface area (Å²) in [4.78, 5) is 38.5. The molecule has 4 heterocycles. The van der Waals surface area contributed by atoms with E-state index in [4.69, 9.17) is 21.5 Å². The molecule has 0 aliphatic rings. The van der Waals surface area contributed by atoms with E-state index in [1.54, 1.807) is 38.6 Å². The zero-order valence-corrected chi connectivity index (χ0v) is 21.9. The summed E-state index contributed by atoms with van der Waals surface area (Å²) in [5, 5.41) is 25.6. The van der Waals surface area contributed by atoms with Crippen molar-refractivity contribution in [3.63, 3.8) is 0 Å². The van der Waals surface area contributed by atoms with Crippen molar-refractivity contribution in [1.82, 2.24) is 33.9 Å². The molecule has 0 fully saturated rings. The molecule has 0 radical (unpaired) electrons. The second-order valence-electron chi connectivity index (χ2n) is 7.96. The first-order valence-corrected chi connectivity index (χ1v) is 12.0. The van der Waals surface area contributed by atoms with Crippen LogP contribution < -0.4 is 16.2 Å². The summed E-state index contributed by atoms with van der Waals surface area (Å²) in [7, 11) is 3.24. The van der Waals surface area contributed by atoms with Crippen LogP contribution in [0.15, 0.2) is 47.7 Å². The Balaban J connectivity index is 0.000000470. The maximum Gasteiger partial charge on any atom is 0.490 e. The quantitative estimate of drug-likeness (QED) is 0.236. The predicted octanol–water partition coefficient (Wildman–Crippen LogP) is 3.80. The van der Waals surface area contributed by atoms with E-state index in [9.17, 15) is 22.8 Å². The fourth-order valence-corrected chi connectivity index (χ4v) is 4.16. The molecule has 4 N–H and O–H groups in total. The summed E-state index contributed by atoms with van der Waals surface area (Å²) in [5.74, 6) is -2.80. The van der Waals surface area contributed by atoms with Gasteiger partial charge in [0.25, 0.3) is 11.5 Å². The molecule has 1 amide bonds. The number of aromatic amines is 1. The van der Waals surface area contributed by atoms with E-state index in [2.05, 4.69) is 35.3 Å². The number of hydrogen-bond donors (Lipinski definition) is 4. The number of carbonyl (C=O) groups is 2. The Hall–Kier alpha value is -4.77. The monoisotopic (exact) mass is 595 g/mol. The SMILES string of the molecule is Cn1nccc1C(=O)Nc1cc(-c2nsc(Nc3ccc4[nH]ncc4c3Cl)n2)cn(C)c1=O.O=C(O)C(F)(F)F. The van der Waals surface area contributed by atoms with Crippen molar-refractivity contribution in [3.05, 3.63) is 63.9 Å². The lowest BCUT2D eigenvalue weighted by Crippen LogP contribution is -2.25. The molecule has 4 aromatic heterocycles. The molecule has 0 atom stereocenters. The number of rotatable bonds is 5. The molecule has 0 bridgehead atoms. The van der Waals surface area contributed by atoms with E-state index >= 15 is 0 Å². The van der Waals surface area contributed by atoms with E-state index in [0.717, 1.165) is 22.4 Å². The fourth-order valence-electron chi connectivity index (χ4n) is 3.29. The van der Waals surface area contributed by atoms with E-state index in [-0.39, 0.29) is 11.2 Å². The number of halogens is 4. The molecule has 0 aliphatic carbocycles. The number of nitrogens with one attached hydrogen (secondary N) is 3. The van der Waals surface area contributed by atoms with Gasteiger partial charge in [0.05, 0.1) is 22.4 Å². The average molecular weight is 596 g/mol. The molecule has 1 aromatic carbocycles. The number of nitrogens with zero attached hydrogens (tertiary/aromatic N) is 6. The highest BCUT2D eigenvalue weighted by molar-refractivity contribution is 7.10. The van der Waals surface area contributed by atoms with Crippen LogP contribution in [-0.4, -0.2) is 57.1 Å². The number of carbonyl (C=O) groups excluding carboxylic acids is 1. The van der Waals surface area contributed by atoms with Crippen molar-refractivity contribution < 1.29 is 27.9 Å². The zero-order chi connectivity index (χ0) is 29.2. The van der Waals surface area contributed by atoms with Gasteiger partial charge in [-0.05, 0) is 24.3 Å². The summed E-state index contributed by atoms with van der Waals surface area (Å²) in [6.45, 7) is 0. The zero-order valence-electron chi connectivity index (χ0n) is 20.3. The number of aromatic nitrogens is 7. The van der Waals surface area contributed by atoms with Crippen LogP contribution in [0.5, 0.6) is 0 Å². The molecule has 13 nitrogen and oxygen atoms in total. The van der Waals surface area contributed by atoms with Crippen LogP contribution in [0.1, 0.15) is 10.5 Å². The number of amides is 1. The first kappa shape index (κ1) is 28.2. The molecule has 208 valence electrons. The van der Waals surface area contributed by atoms with Gasteiger partial charge in [0.1, 0.15) is 11.4 Å². The second kappa shape index (κ2) is 11.1. The van der Waals surface area contributed by atoms with Crippen LogP contribution in [0, 0.1) is 0 Å². The number of carboxylic acids is 1. The lowest BCUT2D eigenvalue weighted by molar-refractivity contribution is -0.192. The standard InChI is InChI=1S/C20H16ClN9O2S.C2HF3O2/c1-29-9-10(7-14(19(29)32)24-18(31)15-5-6-23-30(15)2)17-26-20(33-28-17)25-13-4-3-12-11(16(13)21)8-22-27-12;3-2(4,5)1(6)7/h3-9H,1-2H3,(H,22,27)(H,24,31)(H,25,26,28);(H,6,7). The van der Waals surface area contributed by atoms with E-state index in [1.165, 1.54) is 15.4 Å². The van der Waals surface area contributed by atoms with Crippen molar-refractivity contribution in [1.29, 1.82) is 0 Å². The molecule has 0 spiro atoms. The summed E-state index contributed by atoms with van der Waals surface area (Å²) < 4.78 is 38.9. The van der Waals surface area contributed by atoms with Gasteiger partial charge in [-0.25, -0.2) is 4.79 Å². The largest absolute Gasteiger partial charge is 0.490 e. The van der Waals surface area contributed by atoms with Crippen molar-refractivity contribution in [2.24, 2.45) is 14.1 Å². The maximum atomic E-state index is 12.6. The number of alkyl halides is 3. The molecule has 0 saturated heterocycles. The lowest BCUT2D eigenvalue weighted by atomic mass is 10.2. The van der Waals surface area contributed by atoms with Gasteiger partial charge in [0.15, 0.2) is 5.82 Å². The Morgan fingerprint density at radius 3 is 2.55 bits per heavy atom. The van der Waals surface area contributed by atoms with Crippen LogP contribution in [0.2, 0.25) is 5.02 Å². The fraction of sp³-hybridized carbons (Fsp3) is 0.136. The van der Waals surface area contributed by atoms with Crippen molar-refractivity contribution in [2.45, 2.75) is 6.18 Å². The molecule has 40 heavy (non-hydrogen) atoms. The molecule has 18 heteroatoms. The lowest BCUT2D eigenvalue weighted by Gasteiger charge is -2.08. The minimum atomic E-state index is -5.08. The van der Waals surface area contributed by atoms with Crippen molar-refractivity contribution in [3.8, 4) is 11.4 Å². The number of H-pyrrole nitrogens is 1. The summed E-state index contributed by atoms with van der Waals surface area (Å²) in [6.07, 6.45) is -0.313. The molecule has 5 rings (SSSR count). The summed E-state index contributed by atoms with van der Waals surface area (Å²) >= 11 is 7.61. The minimum absolute atomic E-state index is 0.110. The van der Waals surface area contributed by atoms with Crippen LogP contribution in [-0.2, 0) is 18.9 Å². The Bertz CT molecular complexity index is 1780. The first-order valence-electron chi connectivity index (χ1n) is 10.9. The number of hydrogen-bond acceptors (Lipinski definition) is 9. The third-order valence-corrected chi connectivity index (χ3v) is 6.25. The third-order valence-electron chi connectivity index (χ3n) is 5.21. The Morgan fingerprint density at radius 2 is 1.90 bits per heavy atom. The molecule has 5 aromatic rings. The molecule has 0 saturated carbocycles. The van der Waals surface area contributed by atoms with Gasteiger partial charge >= 0.3 is 12.1 Å². The van der Waals surface area contributed by atoms with Gasteiger partial charge in [0, 0.05) is 49.0 Å². The topological polar surface area (TPSA) is 173 Å². The van der Waals surface area contributed by atoms with Crippen molar-refractivity contribution >= 4 is 62.4 Å². The number of fused-ring (bicyclic) bond motifs is 1. The summed E-state index contributed by atoms with van der Waals surface area (Å²) in [5.41, 5.74) is 2.14. The highest BCUT2D eigenvalue weighted by Gasteiger charge is 2.38. The summed E-state index contributed by atoms with van der Waals surface area (Å²) in [6, 6.07) is 6.80. The number of aryl methyl sites for hydroxylation is 2. The molecule has 0 aliphatic heterocycles. The third kappa shape index (κ3) is 6.10. The minimum Gasteiger partial charge on any atom is -0.475 e. The van der Waals surface area contributed by atoms with Crippen LogP contribution in [0.4, 0.5) is 29.7 Å². The average Bonchev–Trinajstić information content (AvgIpc) is 3.64. The molecule has 0 unspecified atom stereocenters. The number of benzene rings is 1. The van der Waals surface area contributed by atoms with Crippen LogP contribution >= 0.6 is 23.1 Å². The van der Waals surface area contributed by atoms with Gasteiger partial charge in [-0.2, -0.15) is 32.7 Å². The van der Waals surface area contributed by atoms with Crippen LogP contribution in [0.3, 0.4) is 0 Å². The smallest absolute Gasteiger partial charge is 0.475 e. The number of anilines is 3. The highest BCUT2D eigenvalue weighted by Crippen LogP contribution is 2.33. The normalized spacial score (nSPS) is 11.2. The Kier molecular flexibility index (Phi) is 7.87. The number of carboxylic acid groups (broad SMARTS) is 1. The van der Waals surface area contributed by atoms with Gasteiger partial charge in [-0.15, -0.1) is 0 Å². The van der Waals surface area contributed by atoms with Gasteiger partial charge < -0.3 is 20.3 Å². The Morgan fingerprint density at radius 1 is 1.18 bits per heavy atom. The van der Waals surface area contributed by atoms with Gasteiger partial charge in [-0.3, -0.25) is 19.4 Å². The molecular weight excluding hydrogens is 579 g/mol. The molecular formula is C22H17ClF3N9O4S. The second-order valence-corrected chi connectivity index (χ2v) is 9.09. The van der Waals surface area contributed by atoms with Gasteiger partial charge in [0.2, 0.25) is 5.13 Å². The predicted molar refractivity (Wildman–Crippen MR) is 140 cm³/mol. The number of pyridine rings is 1. The first-order chi connectivity index (χ1) is 18.8. The maximum absolute atomic E-state index is 12.6. The van der Waals surface area contributed by atoms with Crippen LogP contribution in [0.25, 0.3) is 22.3 Å². The highest BCUT2D eigenvalue weighted by atomic mass is 35.5. The van der Waals surface area contributed by atoms with E-state index in [0.29, 0.717) is 32.9 Å². The van der Waals surface area contributed by atoms with E-state index in [1.807, 2.05) is 12.1 Å². The van der Waals surface area contributed by atoms with E-state index < -0.39 is 18.1 Å². The number of aliphatic carboxylic acids is 1. The van der Waals surface area contributed by atoms with Gasteiger partial charge in [-0.1, -0.05) is 11.6 Å².